The van der Waals surface area contributed by atoms with E-state index in [2.05, 4.69) is 16.0 Å². The summed E-state index contributed by atoms with van der Waals surface area (Å²) in [6.07, 6.45) is 0.930. The van der Waals surface area contributed by atoms with Crippen molar-refractivity contribution in [3.63, 3.8) is 0 Å². The predicted molar refractivity (Wildman–Crippen MR) is 110 cm³/mol. The van der Waals surface area contributed by atoms with Crippen molar-refractivity contribution in [3.05, 3.63) is 65.2 Å². The number of carbonyl (C=O) groups is 3. The van der Waals surface area contributed by atoms with E-state index in [9.17, 15) is 14.4 Å². The number of carbonyl (C=O) groups excluding carboxylic acids is 3. The summed E-state index contributed by atoms with van der Waals surface area (Å²) in [6, 6.07) is 14.2. The van der Waals surface area contributed by atoms with Crippen LogP contribution < -0.4 is 16.0 Å². The molecule has 3 N–H and O–H groups in total. The zero-order valence-corrected chi connectivity index (χ0v) is 16.5. The monoisotopic (exact) mass is 381 g/mol. The van der Waals surface area contributed by atoms with Crippen LogP contribution >= 0.6 is 0 Å². The van der Waals surface area contributed by atoms with Gasteiger partial charge in [-0.2, -0.15) is 0 Å². The third-order valence-electron chi connectivity index (χ3n) is 4.46. The lowest BCUT2D eigenvalue weighted by molar-refractivity contribution is -0.116. The minimum atomic E-state index is -0.270. The van der Waals surface area contributed by atoms with Crippen LogP contribution in [0.2, 0.25) is 0 Å². The Morgan fingerprint density at radius 2 is 1.57 bits per heavy atom. The Morgan fingerprint density at radius 3 is 2.25 bits per heavy atom. The van der Waals surface area contributed by atoms with Crippen LogP contribution in [-0.4, -0.2) is 30.3 Å². The topological polar surface area (TPSA) is 87.3 Å². The largest absolute Gasteiger partial charge is 0.352 e. The minimum absolute atomic E-state index is 0.0490. The van der Waals surface area contributed by atoms with Crippen LogP contribution in [-0.2, 0) is 4.79 Å². The van der Waals surface area contributed by atoms with Crippen molar-refractivity contribution < 1.29 is 14.4 Å². The molecule has 6 heteroatoms. The van der Waals surface area contributed by atoms with Crippen molar-refractivity contribution in [2.75, 3.05) is 11.9 Å². The summed E-state index contributed by atoms with van der Waals surface area (Å²) >= 11 is 0. The highest BCUT2D eigenvalue weighted by Gasteiger charge is 2.15. The second-order valence-corrected chi connectivity index (χ2v) is 6.70. The average Bonchev–Trinajstić information content (AvgIpc) is 2.68. The molecule has 2 aromatic carbocycles. The van der Waals surface area contributed by atoms with Gasteiger partial charge in [0.15, 0.2) is 0 Å². The number of benzene rings is 2. The summed E-state index contributed by atoms with van der Waals surface area (Å²) in [6.45, 7) is 5.99. The number of anilines is 1. The third kappa shape index (κ3) is 5.94. The Hall–Kier alpha value is -3.15. The van der Waals surface area contributed by atoms with E-state index in [-0.39, 0.29) is 36.7 Å². The van der Waals surface area contributed by atoms with Crippen LogP contribution in [0.5, 0.6) is 0 Å². The lowest BCUT2D eigenvalue weighted by atomic mass is 10.1. The van der Waals surface area contributed by atoms with E-state index in [0.717, 1.165) is 12.0 Å². The fraction of sp³-hybridized carbons (Fsp3) is 0.318. The number of hydrogen-bond donors (Lipinski definition) is 3. The fourth-order valence-electron chi connectivity index (χ4n) is 2.62. The molecule has 0 bridgehead atoms. The van der Waals surface area contributed by atoms with Crippen LogP contribution in [0, 0.1) is 6.92 Å². The Labute approximate surface area is 165 Å². The zero-order valence-electron chi connectivity index (χ0n) is 16.5. The van der Waals surface area contributed by atoms with Gasteiger partial charge in [0.1, 0.15) is 0 Å². The molecule has 0 saturated heterocycles. The van der Waals surface area contributed by atoms with Crippen molar-refractivity contribution in [2.45, 2.75) is 39.7 Å². The molecule has 6 nitrogen and oxygen atoms in total. The Kier molecular flexibility index (Phi) is 7.75. The number of para-hydroxylation sites is 1. The smallest absolute Gasteiger partial charge is 0.253 e. The maximum Gasteiger partial charge on any atom is 0.253 e. The highest BCUT2D eigenvalue weighted by Crippen LogP contribution is 2.15. The van der Waals surface area contributed by atoms with Gasteiger partial charge in [-0.1, -0.05) is 37.3 Å². The van der Waals surface area contributed by atoms with E-state index >= 15 is 0 Å². The van der Waals surface area contributed by atoms with E-state index in [4.69, 9.17) is 0 Å². The van der Waals surface area contributed by atoms with Gasteiger partial charge < -0.3 is 16.0 Å². The summed E-state index contributed by atoms with van der Waals surface area (Å²) in [4.78, 5) is 36.8. The first-order valence-corrected chi connectivity index (χ1v) is 9.46. The molecule has 3 amide bonds. The van der Waals surface area contributed by atoms with Crippen LogP contribution in [0.3, 0.4) is 0 Å². The van der Waals surface area contributed by atoms with Crippen LogP contribution in [0.4, 0.5) is 5.69 Å². The molecule has 0 heterocycles. The Bertz CT molecular complexity index is 848. The Balaban J connectivity index is 1.90. The van der Waals surface area contributed by atoms with Gasteiger partial charge in [-0.15, -0.1) is 0 Å². The first kappa shape index (κ1) is 21.2. The van der Waals surface area contributed by atoms with Crippen molar-refractivity contribution in [3.8, 4) is 0 Å². The van der Waals surface area contributed by atoms with Gasteiger partial charge in [0, 0.05) is 24.6 Å². The molecule has 28 heavy (non-hydrogen) atoms. The number of rotatable bonds is 8. The van der Waals surface area contributed by atoms with Gasteiger partial charge in [0.25, 0.3) is 11.8 Å². The predicted octanol–water partition coefficient (Wildman–Crippen LogP) is 3.28. The average molecular weight is 381 g/mol. The molecule has 0 spiro atoms. The lowest BCUT2D eigenvalue weighted by Gasteiger charge is -2.14. The molecule has 0 saturated carbocycles. The van der Waals surface area contributed by atoms with E-state index in [1.165, 1.54) is 0 Å². The first-order chi connectivity index (χ1) is 13.4. The second kappa shape index (κ2) is 10.3. The van der Waals surface area contributed by atoms with Crippen molar-refractivity contribution in [1.29, 1.82) is 0 Å². The highest BCUT2D eigenvalue weighted by atomic mass is 16.2. The number of nitrogens with one attached hydrogen (secondary N) is 3. The third-order valence-corrected chi connectivity index (χ3v) is 4.46. The molecule has 148 valence electrons. The van der Waals surface area contributed by atoms with E-state index in [1.807, 2.05) is 32.9 Å². The molecule has 2 rings (SSSR count). The summed E-state index contributed by atoms with van der Waals surface area (Å²) < 4.78 is 0. The molecule has 0 aromatic heterocycles. The molecule has 2 aromatic rings. The van der Waals surface area contributed by atoms with Gasteiger partial charge in [-0.3, -0.25) is 14.4 Å². The summed E-state index contributed by atoms with van der Waals surface area (Å²) in [5, 5.41) is 8.40. The van der Waals surface area contributed by atoms with Crippen molar-refractivity contribution in [2.24, 2.45) is 0 Å². The quantitative estimate of drug-likeness (QED) is 0.656. The van der Waals surface area contributed by atoms with Gasteiger partial charge in [-0.25, -0.2) is 0 Å². The zero-order chi connectivity index (χ0) is 20.5. The van der Waals surface area contributed by atoms with Gasteiger partial charge in [0.05, 0.1) is 11.3 Å². The molecule has 0 radical (unpaired) electrons. The number of aryl methyl sites for hydroxylation is 1. The van der Waals surface area contributed by atoms with Crippen LogP contribution in [0.1, 0.15) is 53.0 Å². The minimum Gasteiger partial charge on any atom is -0.352 e. The summed E-state index contributed by atoms with van der Waals surface area (Å²) in [5.41, 5.74) is 2.35. The van der Waals surface area contributed by atoms with Crippen molar-refractivity contribution >= 4 is 23.4 Å². The molecular weight excluding hydrogens is 354 g/mol. The van der Waals surface area contributed by atoms with Crippen LogP contribution in [0.15, 0.2) is 48.5 Å². The van der Waals surface area contributed by atoms with Crippen LogP contribution in [0.25, 0.3) is 0 Å². The van der Waals surface area contributed by atoms with Crippen molar-refractivity contribution in [1.82, 2.24) is 10.6 Å². The summed E-state index contributed by atoms with van der Waals surface area (Å²) in [7, 11) is 0. The lowest BCUT2D eigenvalue weighted by Crippen LogP contribution is -2.33. The Morgan fingerprint density at radius 1 is 0.929 bits per heavy atom. The maximum absolute atomic E-state index is 12.4. The normalized spacial score (nSPS) is 11.4. The van der Waals surface area contributed by atoms with Gasteiger partial charge >= 0.3 is 0 Å². The molecule has 0 aliphatic carbocycles. The maximum atomic E-state index is 12.4. The fourth-order valence-corrected chi connectivity index (χ4v) is 2.62. The molecule has 0 aliphatic heterocycles. The second-order valence-electron chi connectivity index (χ2n) is 6.70. The van der Waals surface area contributed by atoms with E-state index in [0.29, 0.717) is 16.8 Å². The highest BCUT2D eigenvalue weighted by molar-refractivity contribution is 6.04. The molecule has 0 aliphatic rings. The summed E-state index contributed by atoms with van der Waals surface area (Å²) in [5.74, 6) is -0.703. The molecular formula is C22H27N3O3. The standard InChI is InChI=1S/C22H27N3O3/c1-4-16(3)24-22(28)18-11-7-8-12-19(18)25-20(26)13-14-23-21(27)17-10-6-5-9-15(17)2/h5-12,16H,4,13-14H2,1-3H3,(H,23,27)(H,24,28)(H,25,26). The molecule has 1 unspecified atom stereocenters. The molecule has 0 fully saturated rings. The SMILES string of the molecule is CCC(C)NC(=O)c1ccccc1NC(=O)CCNC(=O)c1ccccc1C. The molecule has 1 atom stereocenters. The van der Waals surface area contributed by atoms with Gasteiger partial charge in [-0.05, 0) is 44.0 Å². The number of hydrogen-bond acceptors (Lipinski definition) is 3. The van der Waals surface area contributed by atoms with E-state index < -0.39 is 0 Å². The van der Waals surface area contributed by atoms with E-state index in [1.54, 1.807) is 36.4 Å². The van der Waals surface area contributed by atoms with Gasteiger partial charge in [0.2, 0.25) is 5.91 Å². The number of amides is 3. The first-order valence-electron chi connectivity index (χ1n) is 9.46.